The van der Waals surface area contributed by atoms with Crippen LogP contribution in [0.25, 0.3) is 97.4 Å². The normalized spacial score (nSPS) is 12.4. The van der Waals surface area contributed by atoms with E-state index in [-0.39, 0.29) is 0 Å². The number of thiophene rings is 1. The van der Waals surface area contributed by atoms with Gasteiger partial charge in [-0.15, -0.1) is 11.3 Å². The Labute approximate surface area is 302 Å². The van der Waals surface area contributed by atoms with Gasteiger partial charge in [0.25, 0.3) is 0 Å². The number of nitrogens with zero attached hydrogens (tertiary/aromatic N) is 2. The Kier molecular flexibility index (Phi) is 5.65. The second-order valence-corrected chi connectivity index (χ2v) is 14.8. The van der Waals surface area contributed by atoms with Crippen LogP contribution in [0.5, 0.6) is 11.5 Å². The number of para-hydroxylation sites is 3. The maximum Gasteiger partial charge on any atom is 0.152 e. The molecule has 52 heavy (non-hydrogen) atoms. The zero-order valence-corrected chi connectivity index (χ0v) is 28.7. The average molecular weight is 681 g/mol. The zero-order chi connectivity index (χ0) is 33.9. The number of fused-ring (bicyclic) bond motifs is 11. The molecule has 0 fully saturated rings. The van der Waals surface area contributed by atoms with Gasteiger partial charge >= 0.3 is 0 Å². The van der Waals surface area contributed by atoms with E-state index in [9.17, 15) is 0 Å². The van der Waals surface area contributed by atoms with E-state index in [0.29, 0.717) is 0 Å². The molecule has 0 amide bonds. The van der Waals surface area contributed by atoms with E-state index in [0.717, 1.165) is 39.5 Å². The van der Waals surface area contributed by atoms with Gasteiger partial charge in [-0.2, -0.15) is 0 Å². The van der Waals surface area contributed by atoms with Crippen LogP contribution in [0, 0.1) is 0 Å². The molecule has 0 aliphatic carbocycles. The van der Waals surface area contributed by atoms with E-state index in [1.807, 2.05) is 11.3 Å². The first kappa shape index (κ1) is 28.1. The molecule has 12 rings (SSSR count). The molecule has 242 valence electrons. The second kappa shape index (κ2) is 10.5. The zero-order valence-electron chi connectivity index (χ0n) is 27.9. The lowest BCUT2D eigenvalue weighted by Gasteiger charge is -2.21. The molecule has 0 atom stereocenters. The summed E-state index contributed by atoms with van der Waals surface area (Å²) in [6, 6.07) is 61.7. The van der Waals surface area contributed by atoms with E-state index in [4.69, 9.17) is 4.74 Å². The number of aromatic nitrogens is 2. The molecule has 0 N–H and O–H groups in total. The van der Waals surface area contributed by atoms with E-state index in [1.54, 1.807) is 0 Å². The molecular weight excluding hydrogens is 653 g/mol. The van der Waals surface area contributed by atoms with Crippen LogP contribution in [0.1, 0.15) is 0 Å². The summed E-state index contributed by atoms with van der Waals surface area (Å²) in [5.74, 6) is 1.76. The van der Waals surface area contributed by atoms with Crippen molar-refractivity contribution >= 4 is 75.1 Å². The van der Waals surface area contributed by atoms with Crippen molar-refractivity contribution in [3.8, 4) is 45.1 Å². The summed E-state index contributed by atoms with van der Waals surface area (Å²) in [4.78, 5) is 0. The SMILES string of the molecule is c1ccc2c(c1)sc1c(-c3ccc4c(c3)c3ccccc3n4-c3ccc(-c4ccc5c(c4)Oc4cccc6c7ccccc7n-5c46)cc3)cccc12. The van der Waals surface area contributed by atoms with Crippen molar-refractivity contribution in [1.82, 2.24) is 9.13 Å². The van der Waals surface area contributed by atoms with Crippen LogP contribution in [-0.2, 0) is 0 Å². The summed E-state index contributed by atoms with van der Waals surface area (Å²) < 4.78 is 14.0. The summed E-state index contributed by atoms with van der Waals surface area (Å²) in [6.45, 7) is 0. The smallest absolute Gasteiger partial charge is 0.152 e. The van der Waals surface area contributed by atoms with E-state index in [2.05, 4.69) is 179 Å². The molecule has 0 saturated carbocycles. The Morgan fingerprint density at radius 1 is 0.404 bits per heavy atom. The van der Waals surface area contributed by atoms with Gasteiger partial charge in [-0.25, -0.2) is 0 Å². The molecule has 0 saturated heterocycles. The quantitative estimate of drug-likeness (QED) is 0.182. The number of hydrogen-bond acceptors (Lipinski definition) is 2. The van der Waals surface area contributed by atoms with Gasteiger partial charge in [0.2, 0.25) is 0 Å². The molecule has 0 bridgehead atoms. The molecule has 1 aliphatic rings. The summed E-state index contributed by atoms with van der Waals surface area (Å²) in [5.41, 5.74) is 11.7. The van der Waals surface area contributed by atoms with Gasteiger partial charge in [-0.05, 0) is 82.9 Å². The third kappa shape index (κ3) is 3.84. The Morgan fingerprint density at radius 3 is 1.92 bits per heavy atom. The van der Waals surface area contributed by atoms with Crippen molar-refractivity contribution in [2.45, 2.75) is 0 Å². The summed E-state index contributed by atoms with van der Waals surface area (Å²) in [5, 5.41) is 7.62. The lowest BCUT2D eigenvalue weighted by atomic mass is 10.0. The molecule has 3 nitrogen and oxygen atoms in total. The number of rotatable bonds is 3. The highest BCUT2D eigenvalue weighted by Gasteiger charge is 2.24. The van der Waals surface area contributed by atoms with Gasteiger partial charge < -0.3 is 13.9 Å². The minimum absolute atomic E-state index is 0.868. The minimum atomic E-state index is 0.868. The third-order valence-corrected chi connectivity index (χ3v) is 12.1. The fraction of sp³-hybridized carbons (Fsp3) is 0. The standard InChI is InChI=1S/C48H28N2OS/c1-5-16-41-34(9-1)37-13-8-17-44-47(37)50(41)43-26-21-30(28-45(43)51-44)29-19-23-32(24-20-29)49-40-15-4-2-10-35(40)39-27-31(22-25-42(39)49)33-12-7-14-38-36-11-3-6-18-46(36)52-48(33)38/h1-28H. The third-order valence-electron chi connectivity index (χ3n) is 10.9. The molecule has 0 radical (unpaired) electrons. The fourth-order valence-electron chi connectivity index (χ4n) is 8.59. The highest BCUT2D eigenvalue weighted by molar-refractivity contribution is 7.26. The number of hydrogen-bond donors (Lipinski definition) is 0. The van der Waals surface area contributed by atoms with E-state index < -0.39 is 0 Å². The fourth-order valence-corrected chi connectivity index (χ4v) is 9.83. The molecule has 11 aromatic rings. The molecule has 4 heteroatoms. The van der Waals surface area contributed by atoms with Crippen molar-refractivity contribution in [1.29, 1.82) is 0 Å². The van der Waals surface area contributed by atoms with Crippen molar-refractivity contribution in [3.05, 3.63) is 170 Å². The molecular formula is C48H28N2OS. The van der Waals surface area contributed by atoms with E-state index in [1.165, 1.54) is 69.4 Å². The lowest BCUT2D eigenvalue weighted by Crippen LogP contribution is -2.04. The van der Waals surface area contributed by atoms with Gasteiger partial charge in [-0.1, -0.05) is 109 Å². The molecule has 1 aliphatic heterocycles. The Balaban J connectivity index is 0.956. The minimum Gasteiger partial charge on any atom is -0.453 e. The molecule has 4 heterocycles. The largest absolute Gasteiger partial charge is 0.453 e. The van der Waals surface area contributed by atoms with Crippen LogP contribution in [0.4, 0.5) is 0 Å². The maximum atomic E-state index is 6.58. The monoisotopic (exact) mass is 680 g/mol. The van der Waals surface area contributed by atoms with Crippen molar-refractivity contribution in [3.63, 3.8) is 0 Å². The van der Waals surface area contributed by atoms with Crippen molar-refractivity contribution in [2.75, 3.05) is 0 Å². The van der Waals surface area contributed by atoms with Gasteiger partial charge in [-0.3, -0.25) is 0 Å². The van der Waals surface area contributed by atoms with Crippen molar-refractivity contribution < 1.29 is 4.74 Å². The summed E-state index contributed by atoms with van der Waals surface area (Å²) >= 11 is 1.88. The average Bonchev–Trinajstić information content (AvgIpc) is 3.87. The predicted octanol–water partition coefficient (Wildman–Crippen LogP) is 13.7. The summed E-state index contributed by atoms with van der Waals surface area (Å²) in [6.07, 6.45) is 0. The molecule has 3 aromatic heterocycles. The van der Waals surface area contributed by atoms with Gasteiger partial charge in [0, 0.05) is 47.4 Å². The lowest BCUT2D eigenvalue weighted by molar-refractivity contribution is 0.476. The van der Waals surface area contributed by atoms with Gasteiger partial charge in [0.1, 0.15) is 0 Å². The van der Waals surface area contributed by atoms with Crippen LogP contribution in [-0.4, -0.2) is 9.13 Å². The first-order chi connectivity index (χ1) is 25.8. The topological polar surface area (TPSA) is 19.1 Å². The number of ether oxygens (including phenoxy) is 1. The molecule has 0 unspecified atom stereocenters. The van der Waals surface area contributed by atoms with Crippen LogP contribution < -0.4 is 4.74 Å². The first-order valence-corrected chi connectivity index (χ1v) is 18.5. The van der Waals surface area contributed by atoms with Crippen LogP contribution in [0.15, 0.2) is 170 Å². The Bertz CT molecular complexity index is 3270. The van der Waals surface area contributed by atoms with Crippen LogP contribution >= 0.6 is 11.3 Å². The first-order valence-electron chi connectivity index (χ1n) is 17.7. The molecule has 8 aromatic carbocycles. The van der Waals surface area contributed by atoms with Gasteiger partial charge in [0.15, 0.2) is 11.5 Å². The van der Waals surface area contributed by atoms with Crippen LogP contribution in [0.2, 0.25) is 0 Å². The Morgan fingerprint density at radius 2 is 1.06 bits per heavy atom. The van der Waals surface area contributed by atoms with Crippen LogP contribution in [0.3, 0.4) is 0 Å². The highest BCUT2D eigenvalue weighted by atomic mass is 32.1. The second-order valence-electron chi connectivity index (χ2n) is 13.7. The highest BCUT2D eigenvalue weighted by Crippen LogP contribution is 2.47. The predicted molar refractivity (Wildman–Crippen MR) is 219 cm³/mol. The maximum absolute atomic E-state index is 6.58. The summed E-state index contributed by atoms with van der Waals surface area (Å²) in [7, 11) is 0. The Hall–Kier alpha value is -6.62. The molecule has 0 spiro atoms. The van der Waals surface area contributed by atoms with Crippen molar-refractivity contribution in [2.24, 2.45) is 0 Å². The van der Waals surface area contributed by atoms with Gasteiger partial charge in [0.05, 0.1) is 27.8 Å². The number of benzene rings is 8. The van der Waals surface area contributed by atoms with E-state index >= 15 is 0 Å².